The normalized spacial score (nSPS) is 41.3. The van der Waals surface area contributed by atoms with Crippen molar-refractivity contribution in [1.82, 2.24) is 10.1 Å². The van der Waals surface area contributed by atoms with Gasteiger partial charge in [0.05, 0.1) is 0 Å². The summed E-state index contributed by atoms with van der Waals surface area (Å²) < 4.78 is 5.22. The molecule has 0 amide bonds. The van der Waals surface area contributed by atoms with Crippen molar-refractivity contribution in [2.24, 2.45) is 29.5 Å². The van der Waals surface area contributed by atoms with Crippen LogP contribution >= 0.6 is 0 Å². The third-order valence-electron chi connectivity index (χ3n) is 5.26. The molecule has 0 aromatic carbocycles. The van der Waals surface area contributed by atoms with Crippen molar-refractivity contribution in [3.8, 4) is 0 Å². The lowest BCUT2D eigenvalue weighted by molar-refractivity contribution is -0.00629. The van der Waals surface area contributed by atoms with Crippen LogP contribution in [0.25, 0.3) is 0 Å². The summed E-state index contributed by atoms with van der Waals surface area (Å²) in [6.45, 7) is 0. The molecule has 4 aliphatic carbocycles. The van der Waals surface area contributed by atoms with E-state index in [1.807, 2.05) is 0 Å². The predicted octanol–water partition coefficient (Wildman–Crippen LogP) is 1.92. The van der Waals surface area contributed by atoms with E-state index < -0.39 is 0 Å². The van der Waals surface area contributed by atoms with Crippen LogP contribution in [-0.2, 0) is 0 Å². The first kappa shape index (κ1) is 10.8. The first-order valence-corrected chi connectivity index (χ1v) is 7.02. The van der Waals surface area contributed by atoms with E-state index in [0.717, 1.165) is 29.5 Å². The molecule has 1 aromatic rings. The maximum atomic E-state index is 5.64. The van der Waals surface area contributed by atoms with E-state index >= 15 is 0 Å². The summed E-state index contributed by atoms with van der Waals surface area (Å²) in [5, 5.41) is 5.57. The van der Waals surface area contributed by atoms with E-state index in [-0.39, 0.29) is 0 Å². The number of rotatable bonds is 2. The average Bonchev–Trinajstić information content (AvgIpc) is 2.77. The molecule has 1 heterocycles. The maximum Gasteiger partial charge on any atom is 0.337 e. The third kappa shape index (κ3) is 1.49. The third-order valence-corrected chi connectivity index (χ3v) is 5.26. The highest BCUT2D eigenvalue weighted by Gasteiger charge is 2.50. The van der Waals surface area contributed by atoms with Gasteiger partial charge in [-0.1, -0.05) is 5.16 Å². The van der Waals surface area contributed by atoms with Gasteiger partial charge in [0, 0.05) is 13.0 Å². The number of anilines is 1. The highest BCUT2D eigenvalue weighted by Crippen LogP contribution is 2.59. The minimum atomic E-state index is 0.429. The quantitative estimate of drug-likeness (QED) is 0.639. The molecule has 0 saturated heterocycles. The van der Waals surface area contributed by atoms with Crippen LogP contribution in [0.1, 0.15) is 43.8 Å². The van der Waals surface area contributed by atoms with E-state index in [2.05, 4.69) is 10.1 Å². The summed E-state index contributed by atoms with van der Waals surface area (Å²) in [5.41, 5.74) is 0. The van der Waals surface area contributed by atoms with Crippen molar-refractivity contribution in [2.75, 3.05) is 12.1 Å². The molecule has 5 rings (SSSR count). The molecule has 0 spiro atoms. The van der Waals surface area contributed by atoms with Gasteiger partial charge in [0.1, 0.15) is 0 Å². The molecular weight excluding hydrogens is 228 g/mol. The van der Waals surface area contributed by atoms with Gasteiger partial charge in [-0.15, -0.1) is 0 Å². The molecule has 4 saturated carbocycles. The van der Waals surface area contributed by atoms with Crippen LogP contribution in [0.5, 0.6) is 0 Å². The Balaban J connectivity index is 1.64. The Kier molecular flexibility index (Phi) is 2.22. The standard InChI is InChI=1S/C13H20N4O/c1-17(14)13-15-12(16-18-13)11-9-3-7-2-8(5-9)6-10(11)4-7/h7-11H,2-6,14H2,1H3. The van der Waals surface area contributed by atoms with Crippen LogP contribution < -0.4 is 10.9 Å². The van der Waals surface area contributed by atoms with E-state index in [1.54, 1.807) is 7.05 Å². The Morgan fingerprint density at radius 1 is 1.11 bits per heavy atom. The van der Waals surface area contributed by atoms with Crippen LogP contribution in [-0.4, -0.2) is 17.2 Å². The van der Waals surface area contributed by atoms with Gasteiger partial charge in [0.2, 0.25) is 0 Å². The molecule has 98 valence electrons. The summed E-state index contributed by atoms with van der Waals surface area (Å²) in [4.78, 5) is 4.48. The van der Waals surface area contributed by atoms with Crippen molar-refractivity contribution >= 4 is 6.01 Å². The first-order valence-electron chi connectivity index (χ1n) is 7.02. The maximum absolute atomic E-state index is 5.64. The Bertz CT molecular complexity index is 428. The molecule has 4 fully saturated rings. The average molecular weight is 248 g/mol. The fraction of sp³-hybridized carbons (Fsp3) is 0.846. The predicted molar refractivity (Wildman–Crippen MR) is 66.7 cm³/mol. The Hall–Kier alpha value is -1.10. The highest BCUT2D eigenvalue weighted by molar-refractivity contribution is 5.22. The van der Waals surface area contributed by atoms with E-state index in [4.69, 9.17) is 10.4 Å². The van der Waals surface area contributed by atoms with Crippen LogP contribution in [0.3, 0.4) is 0 Å². The van der Waals surface area contributed by atoms with E-state index in [1.165, 1.54) is 37.1 Å². The topological polar surface area (TPSA) is 68.2 Å². The summed E-state index contributed by atoms with van der Waals surface area (Å²) in [7, 11) is 1.73. The number of nitrogens with two attached hydrogens (primary N) is 1. The minimum absolute atomic E-state index is 0.429. The second-order valence-corrected chi connectivity index (χ2v) is 6.50. The Morgan fingerprint density at radius 3 is 2.22 bits per heavy atom. The molecule has 0 unspecified atom stereocenters. The molecule has 18 heavy (non-hydrogen) atoms. The van der Waals surface area contributed by atoms with Gasteiger partial charge in [-0.05, 0) is 55.8 Å². The lowest BCUT2D eigenvalue weighted by Crippen LogP contribution is -2.44. The molecule has 5 nitrogen and oxygen atoms in total. The van der Waals surface area contributed by atoms with Gasteiger partial charge in [-0.3, -0.25) is 5.01 Å². The van der Waals surface area contributed by atoms with Gasteiger partial charge < -0.3 is 4.52 Å². The van der Waals surface area contributed by atoms with Crippen molar-refractivity contribution < 1.29 is 4.52 Å². The highest BCUT2D eigenvalue weighted by atomic mass is 16.5. The van der Waals surface area contributed by atoms with E-state index in [0.29, 0.717) is 11.9 Å². The van der Waals surface area contributed by atoms with Crippen molar-refractivity contribution in [3.63, 3.8) is 0 Å². The zero-order valence-corrected chi connectivity index (χ0v) is 10.7. The molecule has 0 atom stereocenters. The molecule has 0 aliphatic heterocycles. The largest absolute Gasteiger partial charge is 0.337 e. The van der Waals surface area contributed by atoms with Crippen molar-refractivity contribution in [3.05, 3.63) is 5.82 Å². The van der Waals surface area contributed by atoms with Gasteiger partial charge in [-0.25, -0.2) is 5.84 Å². The molecule has 5 heteroatoms. The minimum Gasteiger partial charge on any atom is -0.314 e. The lowest BCUT2D eigenvalue weighted by Gasteiger charge is -2.53. The smallest absolute Gasteiger partial charge is 0.314 e. The van der Waals surface area contributed by atoms with Gasteiger partial charge in [-0.2, -0.15) is 4.98 Å². The second kappa shape index (κ2) is 3.70. The fourth-order valence-electron chi connectivity index (χ4n) is 4.85. The first-order chi connectivity index (χ1) is 8.70. The zero-order chi connectivity index (χ0) is 12.3. The van der Waals surface area contributed by atoms with Crippen molar-refractivity contribution in [1.29, 1.82) is 0 Å². The number of hydrogen-bond acceptors (Lipinski definition) is 5. The Labute approximate surface area is 107 Å². The van der Waals surface area contributed by atoms with Crippen LogP contribution in [0.4, 0.5) is 6.01 Å². The Morgan fingerprint density at radius 2 is 1.72 bits per heavy atom. The molecule has 0 radical (unpaired) electrons. The molecule has 2 N–H and O–H groups in total. The molecular formula is C13H20N4O. The summed E-state index contributed by atoms with van der Waals surface area (Å²) in [5.74, 6) is 10.6. The van der Waals surface area contributed by atoms with Crippen molar-refractivity contribution in [2.45, 2.75) is 38.0 Å². The fourth-order valence-corrected chi connectivity index (χ4v) is 4.85. The van der Waals surface area contributed by atoms with Gasteiger partial charge in [0.25, 0.3) is 0 Å². The zero-order valence-electron chi connectivity index (χ0n) is 10.7. The number of nitrogens with zero attached hydrogens (tertiary/aromatic N) is 3. The monoisotopic (exact) mass is 248 g/mol. The number of aromatic nitrogens is 2. The molecule has 1 aromatic heterocycles. The molecule has 4 bridgehead atoms. The van der Waals surface area contributed by atoms with Gasteiger partial charge >= 0.3 is 6.01 Å². The summed E-state index contributed by atoms with van der Waals surface area (Å²) in [6, 6.07) is 0.429. The summed E-state index contributed by atoms with van der Waals surface area (Å²) >= 11 is 0. The van der Waals surface area contributed by atoms with Crippen LogP contribution in [0.2, 0.25) is 0 Å². The lowest BCUT2D eigenvalue weighted by atomic mass is 9.52. The van der Waals surface area contributed by atoms with Crippen LogP contribution in [0, 0.1) is 23.7 Å². The van der Waals surface area contributed by atoms with E-state index in [9.17, 15) is 0 Å². The molecule has 4 aliphatic rings. The van der Waals surface area contributed by atoms with Gasteiger partial charge in [0.15, 0.2) is 5.82 Å². The number of hydrazine groups is 1. The van der Waals surface area contributed by atoms with Crippen LogP contribution in [0.15, 0.2) is 4.52 Å². The summed E-state index contributed by atoms with van der Waals surface area (Å²) in [6.07, 6.45) is 6.97. The number of hydrogen-bond donors (Lipinski definition) is 1. The SMILES string of the molecule is CN(N)c1nc(C2C3CC4CC(C3)CC2C4)no1. The second-order valence-electron chi connectivity index (χ2n) is 6.50.